The molecular weight excluding hydrogens is 456 g/mol. The highest BCUT2D eigenvalue weighted by molar-refractivity contribution is 7.89. The van der Waals surface area contributed by atoms with Gasteiger partial charge < -0.3 is 14.9 Å². The third-order valence-corrected chi connectivity index (χ3v) is 5.27. The van der Waals surface area contributed by atoms with E-state index in [1.165, 1.54) is 36.5 Å². The zero-order valence-corrected chi connectivity index (χ0v) is 18.9. The summed E-state index contributed by atoms with van der Waals surface area (Å²) in [5.41, 5.74) is -0.864. The molecule has 2 aromatic rings. The van der Waals surface area contributed by atoms with Crippen LogP contribution in [0.1, 0.15) is 32.9 Å². The first-order valence-corrected chi connectivity index (χ1v) is 11.1. The van der Waals surface area contributed by atoms with Crippen molar-refractivity contribution >= 4 is 33.9 Å². The molecule has 0 aliphatic heterocycles. The lowest BCUT2D eigenvalue weighted by Gasteiger charge is -2.30. The lowest BCUT2D eigenvalue weighted by atomic mass is 10.1. The van der Waals surface area contributed by atoms with Crippen LogP contribution < -0.4 is 9.62 Å². The zero-order valence-electron chi connectivity index (χ0n) is 18.1. The fourth-order valence-corrected chi connectivity index (χ4v) is 3.54. The third-order valence-electron chi connectivity index (χ3n) is 3.95. The van der Waals surface area contributed by atoms with E-state index in [1.54, 1.807) is 26.8 Å². The summed E-state index contributed by atoms with van der Waals surface area (Å²) in [4.78, 5) is 44.3. The van der Waals surface area contributed by atoms with Crippen LogP contribution in [0.25, 0.3) is 0 Å². The fourth-order valence-electron chi connectivity index (χ4n) is 2.59. The van der Waals surface area contributed by atoms with E-state index >= 15 is 0 Å². The van der Waals surface area contributed by atoms with E-state index < -0.39 is 46.1 Å². The van der Waals surface area contributed by atoms with Gasteiger partial charge in [-0.25, -0.2) is 37.6 Å². The second-order valence-electron chi connectivity index (χ2n) is 7.78. The number of nitrogens with zero attached hydrogens (tertiary/aromatic N) is 3. The lowest BCUT2D eigenvalue weighted by Crippen LogP contribution is -2.49. The van der Waals surface area contributed by atoms with Crippen molar-refractivity contribution in [3.05, 3.63) is 48.3 Å². The topological polar surface area (TPSA) is 176 Å². The summed E-state index contributed by atoms with van der Waals surface area (Å²) < 4.78 is 32.3. The summed E-state index contributed by atoms with van der Waals surface area (Å²) in [5, 5.41) is 18.5. The molecule has 2 heterocycles. The van der Waals surface area contributed by atoms with E-state index in [9.17, 15) is 27.9 Å². The first kappa shape index (κ1) is 25.7. The normalized spacial score (nSPS) is 12.6. The molecule has 0 aromatic carbocycles. The maximum Gasteiger partial charge on any atom is 0.416 e. The number of nitrogens with one attached hydrogen (secondary N) is 1. The number of aromatic nitrogens is 2. The quantitative estimate of drug-likeness (QED) is 0.478. The second kappa shape index (κ2) is 10.4. The minimum atomic E-state index is -3.96. The van der Waals surface area contributed by atoms with Gasteiger partial charge >= 0.3 is 18.0 Å². The Morgan fingerprint density at radius 3 is 2.36 bits per heavy atom. The second-order valence-corrected chi connectivity index (χ2v) is 9.50. The van der Waals surface area contributed by atoms with Gasteiger partial charge in [0.05, 0.1) is 18.7 Å². The zero-order chi connectivity index (χ0) is 24.8. The van der Waals surface area contributed by atoms with Gasteiger partial charge in [0.2, 0.25) is 0 Å². The van der Waals surface area contributed by atoms with Crippen molar-refractivity contribution in [2.24, 2.45) is 0 Å². The number of carbonyl (C=O) groups is 3. The molecular formula is C20H24N4O8S. The Kier molecular flexibility index (Phi) is 8.06. The number of anilines is 1. The van der Waals surface area contributed by atoms with Gasteiger partial charge in [-0.2, -0.15) is 0 Å². The third kappa shape index (κ3) is 7.50. The van der Waals surface area contributed by atoms with E-state index in [0.717, 1.165) is 0 Å². The largest absolute Gasteiger partial charge is 0.481 e. The molecule has 0 saturated heterocycles. The molecule has 178 valence electrons. The van der Waals surface area contributed by atoms with E-state index in [1.807, 2.05) is 0 Å². The number of hydrogen-bond acceptors (Lipinski definition) is 8. The monoisotopic (exact) mass is 480 g/mol. The SMILES string of the molecule is CC(C)(C)OC(=O)N(c1cccc(CNS(=O)(=O)c2ccccn2)n1)C(CC(=O)O)C(=O)O. The molecule has 13 heteroatoms. The molecule has 1 amide bonds. The Bertz CT molecular complexity index is 1120. The number of pyridine rings is 2. The number of rotatable bonds is 9. The maximum absolute atomic E-state index is 12.8. The van der Waals surface area contributed by atoms with Crippen LogP contribution in [0.2, 0.25) is 0 Å². The molecule has 1 atom stereocenters. The highest BCUT2D eigenvalue weighted by atomic mass is 32.2. The van der Waals surface area contributed by atoms with E-state index in [2.05, 4.69) is 14.7 Å². The molecule has 2 aromatic heterocycles. The molecule has 0 aliphatic rings. The summed E-state index contributed by atoms with van der Waals surface area (Å²) in [7, 11) is -3.96. The van der Waals surface area contributed by atoms with Crippen LogP contribution in [0.3, 0.4) is 0 Å². The number of carbonyl (C=O) groups excluding carboxylic acids is 1. The molecule has 0 aliphatic carbocycles. The van der Waals surface area contributed by atoms with E-state index in [4.69, 9.17) is 9.84 Å². The number of ether oxygens (including phenoxy) is 1. The van der Waals surface area contributed by atoms with Crippen molar-refractivity contribution in [1.82, 2.24) is 14.7 Å². The molecule has 12 nitrogen and oxygen atoms in total. The highest BCUT2D eigenvalue weighted by Gasteiger charge is 2.36. The Hall–Kier alpha value is -3.58. The Labute approximate surface area is 190 Å². The Morgan fingerprint density at radius 1 is 1.12 bits per heavy atom. The number of carboxylic acids is 2. The van der Waals surface area contributed by atoms with E-state index in [0.29, 0.717) is 4.90 Å². The van der Waals surface area contributed by atoms with Gasteiger partial charge in [-0.05, 0) is 45.0 Å². The van der Waals surface area contributed by atoms with Crippen molar-refractivity contribution < 1.29 is 37.8 Å². The molecule has 0 radical (unpaired) electrons. The summed E-state index contributed by atoms with van der Waals surface area (Å²) in [6.45, 7) is 4.39. The smallest absolute Gasteiger partial charge is 0.416 e. The molecule has 0 bridgehead atoms. The van der Waals surface area contributed by atoms with Crippen LogP contribution in [0.4, 0.5) is 10.6 Å². The Morgan fingerprint density at radius 2 is 1.82 bits per heavy atom. The predicted octanol–water partition coefficient (Wildman–Crippen LogP) is 1.62. The van der Waals surface area contributed by atoms with Crippen LogP contribution in [-0.4, -0.2) is 58.3 Å². The standard InChI is InChI=1S/C20H24N4O8S/c1-20(2,3)32-19(29)24(14(18(27)28)11-17(25)26)15-8-6-7-13(23-15)12-22-33(30,31)16-9-4-5-10-21-16/h4-10,14,22H,11-12H2,1-3H3,(H,25,26)(H,27,28). The van der Waals surface area contributed by atoms with Crippen molar-refractivity contribution in [2.75, 3.05) is 4.90 Å². The van der Waals surface area contributed by atoms with Gasteiger partial charge in [0.1, 0.15) is 17.5 Å². The number of carboxylic acid groups (broad SMARTS) is 2. The van der Waals surface area contributed by atoms with Crippen molar-refractivity contribution in [3.63, 3.8) is 0 Å². The maximum atomic E-state index is 12.8. The van der Waals surface area contributed by atoms with Gasteiger partial charge in [-0.3, -0.25) is 4.79 Å². The Balaban J connectivity index is 2.37. The van der Waals surface area contributed by atoms with Gasteiger partial charge in [-0.1, -0.05) is 12.1 Å². The fraction of sp³-hybridized carbons (Fsp3) is 0.350. The number of aliphatic carboxylic acids is 2. The van der Waals surface area contributed by atoms with Crippen LogP contribution in [0, 0.1) is 0 Å². The number of hydrogen-bond donors (Lipinski definition) is 3. The minimum absolute atomic E-state index is 0.139. The van der Waals surface area contributed by atoms with Gasteiger partial charge in [0.15, 0.2) is 5.03 Å². The summed E-state index contributed by atoms with van der Waals surface area (Å²) >= 11 is 0. The van der Waals surface area contributed by atoms with Crippen molar-refractivity contribution in [2.45, 2.75) is 50.4 Å². The summed E-state index contributed by atoms with van der Waals surface area (Å²) in [6, 6.07) is 6.72. The molecule has 0 saturated carbocycles. The molecule has 1 unspecified atom stereocenters. The number of sulfonamides is 1. The molecule has 0 spiro atoms. The highest BCUT2D eigenvalue weighted by Crippen LogP contribution is 2.22. The minimum Gasteiger partial charge on any atom is -0.481 e. The van der Waals surface area contributed by atoms with Crippen LogP contribution in [0.5, 0.6) is 0 Å². The van der Waals surface area contributed by atoms with E-state index in [-0.39, 0.29) is 23.1 Å². The van der Waals surface area contributed by atoms with Crippen molar-refractivity contribution in [3.8, 4) is 0 Å². The molecule has 33 heavy (non-hydrogen) atoms. The predicted molar refractivity (Wildman–Crippen MR) is 115 cm³/mol. The number of amides is 1. The summed E-state index contributed by atoms with van der Waals surface area (Å²) in [6.07, 6.45) is -0.706. The first-order valence-electron chi connectivity index (χ1n) is 9.63. The lowest BCUT2D eigenvalue weighted by molar-refractivity contribution is -0.145. The first-order chi connectivity index (χ1) is 15.3. The molecule has 2 rings (SSSR count). The van der Waals surface area contributed by atoms with Crippen LogP contribution in [-0.2, 0) is 30.9 Å². The average molecular weight is 480 g/mol. The van der Waals surface area contributed by atoms with Crippen LogP contribution in [0.15, 0.2) is 47.6 Å². The van der Waals surface area contributed by atoms with Crippen LogP contribution >= 0.6 is 0 Å². The average Bonchev–Trinajstić information content (AvgIpc) is 2.71. The van der Waals surface area contributed by atoms with Gasteiger partial charge in [0.25, 0.3) is 10.0 Å². The van der Waals surface area contributed by atoms with Crippen molar-refractivity contribution in [1.29, 1.82) is 0 Å². The molecule has 0 fully saturated rings. The summed E-state index contributed by atoms with van der Waals surface area (Å²) in [5.74, 6) is -3.24. The molecule has 3 N–H and O–H groups in total. The van der Waals surface area contributed by atoms with Gasteiger partial charge in [0, 0.05) is 6.20 Å². The van der Waals surface area contributed by atoms with Gasteiger partial charge in [-0.15, -0.1) is 0 Å².